The average molecular weight is 208 g/mol. The Morgan fingerprint density at radius 3 is 2.67 bits per heavy atom. The Hall–Kier alpha value is -0.550. The molecule has 15 heavy (non-hydrogen) atoms. The summed E-state index contributed by atoms with van der Waals surface area (Å²) in [7, 11) is 2.20. The Balaban J connectivity index is 2.55. The summed E-state index contributed by atoms with van der Waals surface area (Å²) in [5.41, 5.74) is 0. The first-order valence-corrected chi connectivity index (χ1v) is 6.29. The maximum atomic E-state index is 8.73. The van der Waals surface area contributed by atoms with Crippen LogP contribution in [0.3, 0.4) is 0 Å². The number of nitriles is 1. The van der Waals surface area contributed by atoms with Crippen molar-refractivity contribution < 1.29 is 0 Å². The fourth-order valence-corrected chi connectivity index (χ4v) is 2.80. The summed E-state index contributed by atoms with van der Waals surface area (Å²) in [5.74, 6) is 0.852. The van der Waals surface area contributed by atoms with Gasteiger partial charge in [-0.05, 0) is 32.7 Å². The zero-order valence-electron chi connectivity index (χ0n) is 10.4. The molecule has 0 aromatic rings. The molecule has 2 nitrogen and oxygen atoms in total. The van der Waals surface area contributed by atoms with Gasteiger partial charge in [0.1, 0.15) is 0 Å². The van der Waals surface area contributed by atoms with E-state index in [2.05, 4.69) is 31.9 Å². The number of hydrogen-bond acceptors (Lipinski definition) is 2. The molecule has 2 heteroatoms. The summed E-state index contributed by atoms with van der Waals surface area (Å²) in [6.07, 6.45) is 7.41. The van der Waals surface area contributed by atoms with Crippen molar-refractivity contribution in [3.8, 4) is 6.07 Å². The summed E-state index contributed by atoms with van der Waals surface area (Å²) < 4.78 is 0. The number of hydrogen-bond donors (Lipinski definition) is 0. The van der Waals surface area contributed by atoms with Crippen LogP contribution in [0, 0.1) is 17.2 Å². The molecule has 0 saturated heterocycles. The third kappa shape index (κ3) is 3.21. The fraction of sp³-hybridized carbons (Fsp3) is 0.923. The monoisotopic (exact) mass is 208 g/mol. The minimum Gasteiger partial charge on any atom is -0.299 e. The first-order chi connectivity index (χ1) is 7.20. The van der Waals surface area contributed by atoms with E-state index < -0.39 is 0 Å². The van der Waals surface area contributed by atoms with Crippen LogP contribution in [0.1, 0.15) is 52.4 Å². The normalized spacial score (nSPS) is 28.7. The van der Waals surface area contributed by atoms with Crippen LogP contribution in [0.4, 0.5) is 0 Å². The van der Waals surface area contributed by atoms with Gasteiger partial charge in [-0.25, -0.2) is 0 Å². The highest BCUT2D eigenvalue weighted by atomic mass is 15.2. The van der Waals surface area contributed by atoms with Gasteiger partial charge in [-0.3, -0.25) is 4.90 Å². The first kappa shape index (κ1) is 12.5. The molecular weight excluding hydrogens is 184 g/mol. The predicted molar refractivity (Wildman–Crippen MR) is 63.5 cm³/mol. The molecule has 1 saturated carbocycles. The second-order valence-corrected chi connectivity index (χ2v) is 4.90. The molecule has 0 amide bonds. The fourth-order valence-electron chi connectivity index (χ4n) is 2.80. The molecule has 0 radical (unpaired) electrons. The number of nitrogens with zero attached hydrogens (tertiary/aromatic N) is 2. The largest absolute Gasteiger partial charge is 0.299 e. The zero-order valence-corrected chi connectivity index (χ0v) is 10.4. The molecule has 1 aliphatic carbocycles. The lowest BCUT2D eigenvalue weighted by atomic mass is 9.81. The van der Waals surface area contributed by atoms with Crippen LogP contribution in [0.25, 0.3) is 0 Å². The van der Waals surface area contributed by atoms with Crippen LogP contribution < -0.4 is 0 Å². The van der Waals surface area contributed by atoms with Gasteiger partial charge in [-0.2, -0.15) is 5.26 Å². The van der Waals surface area contributed by atoms with Gasteiger partial charge in [0.25, 0.3) is 0 Å². The van der Waals surface area contributed by atoms with E-state index in [0.29, 0.717) is 18.5 Å². The first-order valence-electron chi connectivity index (χ1n) is 6.29. The Kier molecular flexibility index (Phi) is 5.11. The van der Waals surface area contributed by atoms with Crippen molar-refractivity contribution >= 4 is 0 Å². The van der Waals surface area contributed by atoms with Gasteiger partial charge in [0, 0.05) is 12.1 Å². The van der Waals surface area contributed by atoms with Crippen molar-refractivity contribution in [2.45, 2.75) is 64.5 Å². The standard InChI is InChI=1S/C13H24N2/c1-4-12-7-5-6-8-13(12)15(3)11(2)9-10-14/h11-13H,4-9H2,1-3H3. The molecule has 0 spiro atoms. The summed E-state index contributed by atoms with van der Waals surface area (Å²) in [6.45, 7) is 4.47. The van der Waals surface area contributed by atoms with Gasteiger partial charge >= 0.3 is 0 Å². The molecule has 0 N–H and O–H groups in total. The second kappa shape index (κ2) is 6.12. The Morgan fingerprint density at radius 1 is 1.40 bits per heavy atom. The topological polar surface area (TPSA) is 27.0 Å². The lowest BCUT2D eigenvalue weighted by Gasteiger charge is -2.40. The minimum atomic E-state index is 0.409. The van der Waals surface area contributed by atoms with Crippen LogP contribution in [0.5, 0.6) is 0 Å². The smallest absolute Gasteiger partial charge is 0.0638 e. The highest BCUT2D eigenvalue weighted by Crippen LogP contribution is 2.31. The quantitative estimate of drug-likeness (QED) is 0.709. The Labute approximate surface area is 94.3 Å². The van der Waals surface area contributed by atoms with Crippen molar-refractivity contribution in [3.05, 3.63) is 0 Å². The molecule has 86 valence electrons. The van der Waals surface area contributed by atoms with Crippen molar-refractivity contribution in [1.82, 2.24) is 4.90 Å². The van der Waals surface area contributed by atoms with Gasteiger partial charge in [0.2, 0.25) is 0 Å². The average Bonchev–Trinajstić information content (AvgIpc) is 2.28. The van der Waals surface area contributed by atoms with Crippen molar-refractivity contribution in [1.29, 1.82) is 5.26 Å². The number of rotatable bonds is 4. The van der Waals surface area contributed by atoms with E-state index in [0.717, 1.165) is 5.92 Å². The van der Waals surface area contributed by atoms with E-state index in [4.69, 9.17) is 5.26 Å². The van der Waals surface area contributed by atoms with Gasteiger partial charge in [0.05, 0.1) is 12.5 Å². The molecule has 1 fully saturated rings. The highest BCUT2D eigenvalue weighted by Gasteiger charge is 2.28. The molecule has 0 aliphatic heterocycles. The van der Waals surface area contributed by atoms with E-state index in [9.17, 15) is 0 Å². The molecular formula is C13H24N2. The van der Waals surface area contributed by atoms with Crippen molar-refractivity contribution in [2.75, 3.05) is 7.05 Å². The maximum absolute atomic E-state index is 8.73. The molecule has 0 heterocycles. The van der Waals surface area contributed by atoms with Crippen LogP contribution in [-0.2, 0) is 0 Å². The van der Waals surface area contributed by atoms with E-state index in [1.54, 1.807) is 0 Å². The third-order valence-electron chi connectivity index (χ3n) is 4.00. The molecule has 0 bridgehead atoms. The third-order valence-corrected chi connectivity index (χ3v) is 4.00. The van der Waals surface area contributed by atoms with Crippen LogP contribution in [-0.4, -0.2) is 24.0 Å². The molecule has 0 aromatic heterocycles. The molecule has 1 aliphatic rings. The van der Waals surface area contributed by atoms with Crippen LogP contribution in [0.2, 0.25) is 0 Å². The van der Waals surface area contributed by atoms with Crippen LogP contribution in [0.15, 0.2) is 0 Å². The summed E-state index contributed by atoms with van der Waals surface area (Å²) in [4.78, 5) is 2.44. The second-order valence-electron chi connectivity index (χ2n) is 4.90. The molecule has 0 aromatic carbocycles. The molecule has 1 rings (SSSR count). The summed E-state index contributed by atoms with van der Waals surface area (Å²) >= 11 is 0. The van der Waals surface area contributed by atoms with Crippen molar-refractivity contribution in [2.24, 2.45) is 5.92 Å². The van der Waals surface area contributed by atoms with Gasteiger partial charge in [-0.1, -0.05) is 26.2 Å². The lowest BCUT2D eigenvalue weighted by molar-refractivity contribution is 0.0948. The van der Waals surface area contributed by atoms with Crippen LogP contribution >= 0.6 is 0 Å². The summed E-state index contributed by atoms with van der Waals surface area (Å²) in [5, 5.41) is 8.73. The van der Waals surface area contributed by atoms with Gasteiger partial charge < -0.3 is 0 Å². The summed E-state index contributed by atoms with van der Waals surface area (Å²) in [6, 6.07) is 3.40. The zero-order chi connectivity index (χ0) is 11.3. The van der Waals surface area contributed by atoms with E-state index in [1.807, 2.05) is 0 Å². The van der Waals surface area contributed by atoms with Gasteiger partial charge in [0.15, 0.2) is 0 Å². The van der Waals surface area contributed by atoms with E-state index in [1.165, 1.54) is 32.1 Å². The molecule has 3 atom stereocenters. The van der Waals surface area contributed by atoms with Gasteiger partial charge in [-0.15, -0.1) is 0 Å². The predicted octanol–water partition coefficient (Wildman–Crippen LogP) is 3.19. The Bertz CT molecular complexity index is 219. The highest BCUT2D eigenvalue weighted by molar-refractivity contribution is 4.86. The lowest BCUT2D eigenvalue weighted by Crippen LogP contribution is -2.44. The molecule has 3 unspecified atom stereocenters. The van der Waals surface area contributed by atoms with E-state index in [-0.39, 0.29) is 0 Å². The SMILES string of the molecule is CCC1CCCCC1N(C)C(C)CC#N. The minimum absolute atomic E-state index is 0.409. The maximum Gasteiger partial charge on any atom is 0.0638 e. The van der Waals surface area contributed by atoms with E-state index >= 15 is 0 Å². The Morgan fingerprint density at radius 2 is 2.07 bits per heavy atom. The van der Waals surface area contributed by atoms with Crippen molar-refractivity contribution in [3.63, 3.8) is 0 Å².